The number of urea groups is 1. The largest absolute Gasteiger partial charge is 0.493 e. The summed E-state index contributed by atoms with van der Waals surface area (Å²) in [6.45, 7) is 0.532. The van der Waals surface area contributed by atoms with Gasteiger partial charge in [0.05, 0.1) is 36.5 Å². The standard InChI is InChI=1S/C17H18Cl2N2O4/c1-23-13-7-4-8-14(16(13)24-2)25-10-9-20-17(22)21-12-6-3-5-11(18)15(12)19/h3-8H,9-10H2,1-2H3,(H2,20,21,22). The Morgan fingerprint density at radius 3 is 2.48 bits per heavy atom. The number of rotatable bonds is 7. The van der Waals surface area contributed by atoms with Gasteiger partial charge in [-0.05, 0) is 24.3 Å². The summed E-state index contributed by atoms with van der Waals surface area (Å²) in [6, 6.07) is 9.90. The molecule has 2 amide bonds. The van der Waals surface area contributed by atoms with E-state index < -0.39 is 6.03 Å². The highest BCUT2D eigenvalue weighted by Crippen LogP contribution is 2.36. The van der Waals surface area contributed by atoms with Crippen LogP contribution in [0.15, 0.2) is 36.4 Å². The van der Waals surface area contributed by atoms with Crippen molar-refractivity contribution < 1.29 is 19.0 Å². The van der Waals surface area contributed by atoms with Gasteiger partial charge in [0, 0.05) is 0 Å². The summed E-state index contributed by atoms with van der Waals surface area (Å²) in [5.41, 5.74) is 0.432. The number of ether oxygens (including phenoxy) is 3. The van der Waals surface area contributed by atoms with Crippen LogP contribution in [0.2, 0.25) is 10.0 Å². The summed E-state index contributed by atoms with van der Waals surface area (Å²) in [4.78, 5) is 11.9. The van der Waals surface area contributed by atoms with Gasteiger partial charge in [-0.1, -0.05) is 35.3 Å². The minimum atomic E-state index is -0.412. The Labute approximate surface area is 156 Å². The molecule has 0 spiro atoms. The van der Waals surface area contributed by atoms with Gasteiger partial charge >= 0.3 is 6.03 Å². The van der Waals surface area contributed by atoms with E-state index in [4.69, 9.17) is 37.4 Å². The van der Waals surface area contributed by atoms with Crippen LogP contribution < -0.4 is 24.8 Å². The highest BCUT2D eigenvalue weighted by Gasteiger charge is 2.11. The molecule has 0 unspecified atom stereocenters. The van der Waals surface area contributed by atoms with Gasteiger partial charge in [-0.3, -0.25) is 0 Å². The van der Waals surface area contributed by atoms with E-state index in [1.54, 1.807) is 43.5 Å². The summed E-state index contributed by atoms with van der Waals surface area (Å²) < 4.78 is 16.1. The van der Waals surface area contributed by atoms with Crippen LogP contribution in [-0.2, 0) is 0 Å². The Morgan fingerprint density at radius 2 is 1.76 bits per heavy atom. The number of methoxy groups -OCH3 is 2. The molecule has 25 heavy (non-hydrogen) atoms. The van der Waals surface area contributed by atoms with Crippen molar-refractivity contribution in [1.82, 2.24) is 5.32 Å². The molecule has 6 nitrogen and oxygen atoms in total. The number of halogens is 2. The lowest BCUT2D eigenvalue weighted by Gasteiger charge is -2.14. The summed E-state index contributed by atoms with van der Waals surface area (Å²) in [5, 5.41) is 5.95. The molecular weight excluding hydrogens is 367 g/mol. The fourth-order valence-corrected chi connectivity index (χ4v) is 2.41. The van der Waals surface area contributed by atoms with Crippen molar-refractivity contribution >= 4 is 34.9 Å². The van der Waals surface area contributed by atoms with Crippen molar-refractivity contribution in [2.75, 3.05) is 32.7 Å². The molecule has 0 atom stereocenters. The lowest BCUT2D eigenvalue weighted by Crippen LogP contribution is -2.32. The number of para-hydroxylation sites is 1. The van der Waals surface area contributed by atoms with E-state index in [0.29, 0.717) is 28.0 Å². The lowest BCUT2D eigenvalue weighted by molar-refractivity contribution is 0.245. The topological polar surface area (TPSA) is 68.8 Å². The Kier molecular flexibility index (Phi) is 7.03. The van der Waals surface area contributed by atoms with E-state index in [2.05, 4.69) is 10.6 Å². The summed E-state index contributed by atoms with van der Waals surface area (Å²) in [7, 11) is 3.08. The summed E-state index contributed by atoms with van der Waals surface area (Å²) >= 11 is 11.9. The van der Waals surface area contributed by atoms with E-state index >= 15 is 0 Å². The van der Waals surface area contributed by atoms with Crippen molar-refractivity contribution in [2.45, 2.75) is 0 Å². The lowest BCUT2D eigenvalue weighted by atomic mass is 10.3. The molecule has 0 radical (unpaired) electrons. The van der Waals surface area contributed by atoms with Gasteiger partial charge in [0.25, 0.3) is 0 Å². The van der Waals surface area contributed by atoms with E-state index in [0.717, 1.165) is 0 Å². The van der Waals surface area contributed by atoms with Crippen molar-refractivity contribution in [3.63, 3.8) is 0 Å². The maximum Gasteiger partial charge on any atom is 0.319 e. The molecule has 134 valence electrons. The molecule has 2 N–H and O–H groups in total. The molecule has 0 aliphatic carbocycles. The zero-order chi connectivity index (χ0) is 18.2. The first-order valence-corrected chi connectivity index (χ1v) is 8.15. The van der Waals surface area contributed by atoms with Crippen LogP contribution in [0.4, 0.5) is 10.5 Å². The zero-order valence-electron chi connectivity index (χ0n) is 13.8. The van der Waals surface area contributed by atoms with Crippen LogP contribution in [0.5, 0.6) is 17.2 Å². The Morgan fingerprint density at radius 1 is 1.04 bits per heavy atom. The minimum Gasteiger partial charge on any atom is -0.493 e. The average Bonchev–Trinajstić information content (AvgIpc) is 2.62. The molecule has 0 aromatic heterocycles. The highest BCUT2D eigenvalue weighted by atomic mass is 35.5. The maximum atomic E-state index is 11.9. The van der Waals surface area contributed by atoms with E-state index in [1.165, 1.54) is 7.11 Å². The molecule has 0 saturated carbocycles. The van der Waals surface area contributed by atoms with Crippen molar-refractivity contribution in [3.8, 4) is 17.2 Å². The van der Waals surface area contributed by atoms with E-state index in [9.17, 15) is 4.79 Å². The van der Waals surface area contributed by atoms with Gasteiger partial charge in [0.1, 0.15) is 6.61 Å². The van der Waals surface area contributed by atoms with Crippen LogP contribution in [-0.4, -0.2) is 33.4 Å². The normalized spacial score (nSPS) is 10.1. The third-order valence-corrected chi connectivity index (χ3v) is 4.03. The van der Waals surface area contributed by atoms with Crippen LogP contribution in [0.3, 0.4) is 0 Å². The molecule has 0 fully saturated rings. The average molecular weight is 385 g/mol. The van der Waals surface area contributed by atoms with E-state index in [-0.39, 0.29) is 18.2 Å². The van der Waals surface area contributed by atoms with Crippen LogP contribution in [0.1, 0.15) is 0 Å². The molecule has 2 rings (SSSR count). The van der Waals surface area contributed by atoms with Gasteiger partial charge in [0.15, 0.2) is 11.5 Å². The molecule has 0 bridgehead atoms. The number of carbonyl (C=O) groups is 1. The molecule has 8 heteroatoms. The second kappa shape index (κ2) is 9.25. The monoisotopic (exact) mass is 384 g/mol. The zero-order valence-corrected chi connectivity index (χ0v) is 15.3. The second-order valence-corrected chi connectivity index (χ2v) is 5.61. The highest BCUT2D eigenvalue weighted by molar-refractivity contribution is 6.43. The first kappa shape index (κ1) is 19.0. The van der Waals surface area contributed by atoms with Gasteiger partial charge in [-0.15, -0.1) is 0 Å². The van der Waals surface area contributed by atoms with Crippen molar-refractivity contribution in [3.05, 3.63) is 46.4 Å². The first-order valence-electron chi connectivity index (χ1n) is 7.39. The van der Waals surface area contributed by atoms with Gasteiger partial charge < -0.3 is 24.8 Å². The smallest absolute Gasteiger partial charge is 0.319 e. The fraction of sp³-hybridized carbons (Fsp3) is 0.235. The third kappa shape index (κ3) is 5.08. The molecular formula is C17H18Cl2N2O4. The molecule has 0 aliphatic heterocycles. The molecule has 0 heterocycles. The van der Waals surface area contributed by atoms with E-state index in [1.807, 2.05) is 0 Å². The number of anilines is 1. The first-order chi connectivity index (χ1) is 12.1. The molecule has 0 aliphatic rings. The predicted octanol–water partition coefficient (Wildman–Crippen LogP) is 4.21. The Hall–Kier alpha value is -2.31. The fourth-order valence-electron chi connectivity index (χ4n) is 2.06. The number of hydrogen-bond acceptors (Lipinski definition) is 4. The Balaban J connectivity index is 1.83. The quantitative estimate of drug-likeness (QED) is 0.701. The number of amides is 2. The maximum absolute atomic E-state index is 11.9. The molecule has 0 saturated heterocycles. The van der Waals surface area contributed by atoms with Crippen LogP contribution in [0.25, 0.3) is 0 Å². The van der Waals surface area contributed by atoms with Gasteiger partial charge in [-0.25, -0.2) is 4.79 Å². The van der Waals surface area contributed by atoms with Gasteiger partial charge in [-0.2, -0.15) is 0 Å². The minimum absolute atomic E-state index is 0.250. The predicted molar refractivity (Wildman–Crippen MR) is 98.5 cm³/mol. The van der Waals surface area contributed by atoms with Crippen LogP contribution >= 0.6 is 23.2 Å². The second-order valence-electron chi connectivity index (χ2n) is 4.82. The van der Waals surface area contributed by atoms with Crippen LogP contribution in [0, 0.1) is 0 Å². The van der Waals surface area contributed by atoms with Crippen molar-refractivity contribution in [2.24, 2.45) is 0 Å². The molecule has 2 aromatic rings. The number of nitrogens with one attached hydrogen (secondary N) is 2. The summed E-state index contributed by atoms with van der Waals surface area (Å²) in [5.74, 6) is 1.60. The van der Waals surface area contributed by atoms with Gasteiger partial charge in [0.2, 0.25) is 5.75 Å². The van der Waals surface area contributed by atoms with Crippen molar-refractivity contribution in [1.29, 1.82) is 0 Å². The SMILES string of the molecule is COc1cccc(OCCNC(=O)Nc2cccc(Cl)c2Cl)c1OC. The summed E-state index contributed by atoms with van der Waals surface area (Å²) in [6.07, 6.45) is 0. The third-order valence-electron chi connectivity index (χ3n) is 3.21. The Bertz CT molecular complexity index is 741. The molecule has 2 aromatic carbocycles. The number of benzene rings is 2. The number of carbonyl (C=O) groups excluding carboxylic acids is 1. The number of hydrogen-bond donors (Lipinski definition) is 2.